The second-order valence-electron chi connectivity index (χ2n) is 10.7. The lowest BCUT2D eigenvalue weighted by Crippen LogP contribution is -2.21. The van der Waals surface area contributed by atoms with E-state index in [-0.39, 0.29) is 11.3 Å². The lowest BCUT2D eigenvalue weighted by Gasteiger charge is -2.21. The van der Waals surface area contributed by atoms with Gasteiger partial charge in [0.2, 0.25) is 0 Å². The number of hydrogen-bond acceptors (Lipinski definition) is 6. The summed E-state index contributed by atoms with van der Waals surface area (Å²) < 4.78 is 11.4. The molecule has 3 heterocycles. The van der Waals surface area contributed by atoms with Crippen LogP contribution in [0, 0.1) is 0 Å². The molecule has 0 radical (unpaired) electrons. The molecule has 0 bridgehead atoms. The highest BCUT2D eigenvalue weighted by molar-refractivity contribution is 7.18. The predicted molar refractivity (Wildman–Crippen MR) is 182 cm³/mol. The summed E-state index contributed by atoms with van der Waals surface area (Å²) >= 11 is 1.66. The standard InChI is InChI=1S/C38H29NO4S/c1-3-39(4-2)30-16-15-27-22-32(38(41)43-34(27)23-30)25-11-8-13-29(20-25)36-18-17-35(44-36)28-12-7-10-24(19-28)31-21-26-9-5-6-14-33(26)42-37(31)40/h5-23H,3-4H2,1-2H3. The van der Waals surface area contributed by atoms with Crippen LogP contribution in [-0.2, 0) is 0 Å². The maximum Gasteiger partial charge on any atom is 0.344 e. The van der Waals surface area contributed by atoms with Gasteiger partial charge in [0.15, 0.2) is 0 Å². The molecule has 0 aliphatic heterocycles. The van der Waals surface area contributed by atoms with E-state index in [2.05, 4.69) is 43.0 Å². The quantitative estimate of drug-likeness (QED) is 0.172. The minimum absolute atomic E-state index is 0.354. The molecule has 0 atom stereocenters. The zero-order chi connectivity index (χ0) is 30.2. The van der Waals surface area contributed by atoms with Crippen molar-refractivity contribution in [2.24, 2.45) is 0 Å². The van der Waals surface area contributed by atoms with E-state index >= 15 is 0 Å². The summed E-state index contributed by atoms with van der Waals surface area (Å²) in [6.45, 7) is 5.99. The molecule has 7 aromatic rings. The van der Waals surface area contributed by atoms with Crippen molar-refractivity contribution in [1.82, 2.24) is 0 Å². The fourth-order valence-corrected chi connectivity index (χ4v) is 6.68. The van der Waals surface area contributed by atoms with E-state index in [9.17, 15) is 9.59 Å². The third kappa shape index (κ3) is 5.14. The second-order valence-corrected chi connectivity index (χ2v) is 11.7. The third-order valence-corrected chi connectivity index (χ3v) is 9.20. The summed E-state index contributed by atoms with van der Waals surface area (Å²) in [7, 11) is 0. The Kier molecular flexibility index (Phi) is 7.20. The zero-order valence-corrected chi connectivity index (χ0v) is 25.2. The van der Waals surface area contributed by atoms with E-state index in [1.165, 1.54) is 0 Å². The molecule has 0 saturated carbocycles. The number of para-hydroxylation sites is 1. The molecule has 0 fully saturated rings. The van der Waals surface area contributed by atoms with Gasteiger partial charge >= 0.3 is 11.3 Å². The van der Waals surface area contributed by atoms with Gasteiger partial charge in [-0.15, -0.1) is 11.3 Å². The summed E-state index contributed by atoms with van der Waals surface area (Å²) in [5.41, 5.74) is 6.22. The van der Waals surface area contributed by atoms with Crippen LogP contribution in [-0.4, -0.2) is 13.1 Å². The Labute approximate surface area is 258 Å². The Morgan fingerprint density at radius 3 is 1.70 bits per heavy atom. The summed E-state index contributed by atoms with van der Waals surface area (Å²) in [6, 6.07) is 37.5. The van der Waals surface area contributed by atoms with Crippen LogP contribution in [0.4, 0.5) is 5.69 Å². The fourth-order valence-electron chi connectivity index (χ4n) is 5.68. The van der Waals surface area contributed by atoms with Crippen molar-refractivity contribution in [3.8, 4) is 43.1 Å². The number of thiophene rings is 1. The van der Waals surface area contributed by atoms with E-state index in [0.717, 1.165) is 61.6 Å². The molecule has 0 aliphatic rings. The Morgan fingerprint density at radius 1 is 0.545 bits per heavy atom. The van der Waals surface area contributed by atoms with Gasteiger partial charge in [0.25, 0.3) is 0 Å². The van der Waals surface area contributed by atoms with Gasteiger partial charge in [-0.05, 0) is 90.7 Å². The molecule has 0 spiro atoms. The average molecular weight is 596 g/mol. The minimum atomic E-state index is -0.355. The van der Waals surface area contributed by atoms with E-state index < -0.39 is 0 Å². The van der Waals surface area contributed by atoms with Crippen molar-refractivity contribution in [3.63, 3.8) is 0 Å². The van der Waals surface area contributed by atoms with Gasteiger partial charge in [-0.3, -0.25) is 0 Å². The maximum absolute atomic E-state index is 13.1. The predicted octanol–water partition coefficient (Wildman–Crippen LogP) is 9.48. The Morgan fingerprint density at radius 2 is 1.09 bits per heavy atom. The van der Waals surface area contributed by atoms with Crippen LogP contribution in [0.25, 0.3) is 65.1 Å². The summed E-state index contributed by atoms with van der Waals surface area (Å²) in [5.74, 6) is 0. The molecule has 0 unspecified atom stereocenters. The lowest BCUT2D eigenvalue weighted by atomic mass is 10.0. The van der Waals surface area contributed by atoms with Gasteiger partial charge in [-0.1, -0.05) is 54.6 Å². The van der Waals surface area contributed by atoms with E-state index in [0.29, 0.717) is 22.3 Å². The summed E-state index contributed by atoms with van der Waals surface area (Å²) in [5, 5.41) is 1.77. The van der Waals surface area contributed by atoms with Crippen molar-refractivity contribution >= 4 is 39.0 Å². The highest BCUT2D eigenvalue weighted by atomic mass is 32.1. The number of nitrogens with zero attached hydrogens (tertiary/aromatic N) is 1. The van der Waals surface area contributed by atoms with Crippen LogP contribution in [0.1, 0.15) is 13.8 Å². The molecular weight excluding hydrogens is 566 g/mol. The van der Waals surface area contributed by atoms with Crippen molar-refractivity contribution < 1.29 is 8.83 Å². The number of hydrogen-bond donors (Lipinski definition) is 0. The van der Waals surface area contributed by atoms with Gasteiger partial charge in [-0.25, -0.2) is 9.59 Å². The Hall–Kier alpha value is -5.20. The van der Waals surface area contributed by atoms with E-state index in [1.807, 2.05) is 84.9 Å². The Balaban J connectivity index is 1.20. The molecular formula is C38H29NO4S. The molecule has 44 heavy (non-hydrogen) atoms. The molecule has 216 valence electrons. The summed E-state index contributed by atoms with van der Waals surface area (Å²) in [4.78, 5) is 30.3. The first-order valence-corrected chi connectivity index (χ1v) is 15.5. The molecule has 6 heteroatoms. The topological polar surface area (TPSA) is 63.7 Å². The Bertz CT molecular complexity index is 2270. The van der Waals surface area contributed by atoms with Crippen molar-refractivity contribution in [2.45, 2.75) is 13.8 Å². The van der Waals surface area contributed by atoms with Gasteiger partial charge in [0, 0.05) is 45.4 Å². The monoisotopic (exact) mass is 595 g/mol. The van der Waals surface area contributed by atoms with Gasteiger partial charge in [0.1, 0.15) is 11.2 Å². The number of rotatable bonds is 7. The highest BCUT2D eigenvalue weighted by Crippen LogP contribution is 2.37. The van der Waals surface area contributed by atoms with Crippen LogP contribution in [0.15, 0.2) is 134 Å². The first-order valence-electron chi connectivity index (χ1n) is 14.7. The largest absolute Gasteiger partial charge is 0.422 e. The minimum Gasteiger partial charge on any atom is -0.422 e. The molecule has 0 N–H and O–H groups in total. The molecule has 3 aromatic heterocycles. The first-order chi connectivity index (χ1) is 21.5. The van der Waals surface area contributed by atoms with Gasteiger partial charge in [0.05, 0.1) is 11.1 Å². The smallest absolute Gasteiger partial charge is 0.344 e. The SMILES string of the molecule is CCN(CC)c1ccc2cc(-c3cccc(-c4ccc(-c5cccc(-c6cc7ccccc7oc6=O)c5)s4)c3)c(=O)oc2c1. The second kappa shape index (κ2) is 11.5. The number of benzene rings is 4. The third-order valence-electron chi connectivity index (χ3n) is 8.01. The van der Waals surface area contributed by atoms with Crippen LogP contribution >= 0.6 is 11.3 Å². The number of anilines is 1. The van der Waals surface area contributed by atoms with Crippen molar-refractivity contribution in [3.05, 3.63) is 136 Å². The highest BCUT2D eigenvalue weighted by Gasteiger charge is 2.14. The first kappa shape index (κ1) is 27.6. The van der Waals surface area contributed by atoms with Crippen LogP contribution in [0.3, 0.4) is 0 Å². The normalized spacial score (nSPS) is 11.3. The zero-order valence-electron chi connectivity index (χ0n) is 24.4. The molecule has 0 aliphatic carbocycles. The van der Waals surface area contributed by atoms with E-state index in [4.69, 9.17) is 8.83 Å². The average Bonchev–Trinajstić information content (AvgIpc) is 3.56. The maximum atomic E-state index is 13.1. The van der Waals surface area contributed by atoms with Crippen LogP contribution in [0.5, 0.6) is 0 Å². The number of fused-ring (bicyclic) bond motifs is 2. The fraction of sp³-hybridized carbons (Fsp3) is 0.105. The van der Waals surface area contributed by atoms with Crippen molar-refractivity contribution in [1.29, 1.82) is 0 Å². The van der Waals surface area contributed by atoms with Crippen LogP contribution < -0.4 is 16.2 Å². The van der Waals surface area contributed by atoms with Crippen molar-refractivity contribution in [2.75, 3.05) is 18.0 Å². The van der Waals surface area contributed by atoms with Gasteiger partial charge in [-0.2, -0.15) is 0 Å². The molecule has 7 rings (SSSR count). The lowest BCUT2D eigenvalue weighted by molar-refractivity contribution is 0.563. The molecule has 0 amide bonds. The van der Waals surface area contributed by atoms with E-state index in [1.54, 1.807) is 17.4 Å². The van der Waals surface area contributed by atoms with Crippen LogP contribution in [0.2, 0.25) is 0 Å². The molecule has 4 aromatic carbocycles. The summed E-state index contributed by atoms with van der Waals surface area (Å²) in [6.07, 6.45) is 0. The van der Waals surface area contributed by atoms with Gasteiger partial charge < -0.3 is 13.7 Å². The molecule has 5 nitrogen and oxygen atoms in total. The molecule has 0 saturated heterocycles.